The number of amides is 1. The highest BCUT2D eigenvalue weighted by atomic mass is 16.6. The van der Waals surface area contributed by atoms with Crippen LogP contribution in [0.2, 0.25) is 0 Å². The third-order valence-electron chi connectivity index (χ3n) is 4.16. The summed E-state index contributed by atoms with van der Waals surface area (Å²) in [6, 6.07) is 5.55. The van der Waals surface area contributed by atoms with E-state index in [-0.39, 0.29) is 22.7 Å². The van der Waals surface area contributed by atoms with E-state index >= 15 is 0 Å². The Bertz CT molecular complexity index is 961. The number of H-pyrrole nitrogens is 1. The van der Waals surface area contributed by atoms with Crippen LogP contribution in [0.3, 0.4) is 0 Å². The largest absolute Gasteiger partial charge is 0.325 e. The first-order valence-electron chi connectivity index (χ1n) is 7.72. The minimum Gasteiger partial charge on any atom is -0.325 e. The third-order valence-corrected chi connectivity index (χ3v) is 4.16. The number of aromatic nitrogens is 1. The van der Waals surface area contributed by atoms with Gasteiger partial charge in [-0.25, -0.2) is 0 Å². The van der Waals surface area contributed by atoms with Gasteiger partial charge in [0.1, 0.15) is 5.56 Å². The van der Waals surface area contributed by atoms with Crippen molar-refractivity contribution in [2.45, 2.75) is 26.2 Å². The molecule has 1 aromatic heterocycles. The molecular formula is C17H15N3O5. The number of aryl methyl sites for hydroxylation is 2. The minimum atomic E-state index is -0.722. The molecule has 25 heavy (non-hydrogen) atoms. The molecule has 0 fully saturated rings. The summed E-state index contributed by atoms with van der Waals surface area (Å²) in [7, 11) is 0. The van der Waals surface area contributed by atoms with Crippen molar-refractivity contribution in [3.05, 3.63) is 67.1 Å². The van der Waals surface area contributed by atoms with Crippen molar-refractivity contribution >= 4 is 23.1 Å². The molecule has 0 saturated carbocycles. The van der Waals surface area contributed by atoms with Gasteiger partial charge in [0.05, 0.1) is 4.92 Å². The van der Waals surface area contributed by atoms with E-state index < -0.39 is 16.4 Å². The average molecular weight is 341 g/mol. The second kappa shape index (κ2) is 6.31. The van der Waals surface area contributed by atoms with Crippen molar-refractivity contribution < 1.29 is 14.5 Å². The predicted molar refractivity (Wildman–Crippen MR) is 90.1 cm³/mol. The molecule has 2 aromatic rings. The molecule has 1 heterocycles. The first kappa shape index (κ1) is 16.6. The quantitative estimate of drug-likeness (QED) is 0.655. The summed E-state index contributed by atoms with van der Waals surface area (Å²) in [4.78, 5) is 49.5. The molecule has 8 nitrogen and oxygen atoms in total. The SMILES string of the molecule is Cc1ccc(NC(=O)c2cc3c([nH]c2=O)CCCC3=O)cc1[N+](=O)[O-]. The lowest BCUT2D eigenvalue weighted by atomic mass is 9.93. The number of ketones is 1. The van der Waals surface area contributed by atoms with E-state index in [0.29, 0.717) is 36.1 Å². The Morgan fingerprint density at radius 1 is 1.24 bits per heavy atom. The Hall–Kier alpha value is -3.29. The molecule has 0 unspecified atom stereocenters. The number of benzene rings is 1. The molecule has 0 atom stereocenters. The van der Waals surface area contributed by atoms with Crippen LogP contribution in [0.4, 0.5) is 11.4 Å². The van der Waals surface area contributed by atoms with E-state index in [4.69, 9.17) is 0 Å². The van der Waals surface area contributed by atoms with Crippen molar-refractivity contribution in [3.63, 3.8) is 0 Å². The van der Waals surface area contributed by atoms with Crippen molar-refractivity contribution in [3.8, 4) is 0 Å². The predicted octanol–water partition coefficient (Wildman–Crippen LogP) is 2.36. The second-order valence-electron chi connectivity index (χ2n) is 5.89. The van der Waals surface area contributed by atoms with Gasteiger partial charge in [-0.3, -0.25) is 24.5 Å². The van der Waals surface area contributed by atoms with Crippen LogP contribution in [0.5, 0.6) is 0 Å². The Labute approximate surface area is 142 Å². The summed E-state index contributed by atoms with van der Waals surface area (Å²) in [6.45, 7) is 1.59. The van der Waals surface area contributed by atoms with Crippen LogP contribution in [0.25, 0.3) is 0 Å². The van der Waals surface area contributed by atoms with Gasteiger partial charge in [0.2, 0.25) is 0 Å². The molecule has 1 aliphatic carbocycles. The lowest BCUT2D eigenvalue weighted by Crippen LogP contribution is -2.27. The first-order chi connectivity index (χ1) is 11.9. The van der Waals surface area contributed by atoms with Crippen molar-refractivity contribution in [1.82, 2.24) is 4.98 Å². The number of nitrogens with one attached hydrogen (secondary N) is 2. The van der Waals surface area contributed by atoms with Crippen molar-refractivity contribution in [1.29, 1.82) is 0 Å². The first-order valence-corrected chi connectivity index (χ1v) is 7.72. The van der Waals surface area contributed by atoms with Crippen LogP contribution in [0, 0.1) is 17.0 Å². The van der Waals surface area contributed by atoms with Gasteiger partial charge in [-0.2, -0.15) is 0 Å². The van der Waals surface area contributed by atoms with E-state index in [2.05, 4.69) is 10.3 Å². The molecule has 1 aromatic carbocycles. The number of pyridine rings is 1. The zero-order valence-corrected chi connectivity index (χ0v) is 13.4. The Kier molecular flexibility index (Phi) is 4.18. The summed E-state index contributed by atoms with van der Waals surface area (Å²) in [6.07, 6.45) is 1.63. The maximum absolute atomic E-state index is 12.4. The number of nitro benzene ring substituents is 1. The van der Waals surface area contributed by atoms with Crippen molar-refractivity contribution in [2.24, 2.45) is 0 Å². The highest BCUT2D eigenvalue weighted by Crippen LogP contribution is 2.23. The fraction of sp³-hybridized carbons (Fsp3) is 0.235. The molecule has 8 heteroatoms. The van der Waals surface area contributed by atoms with Crippen LogP contribution in [0.15, 0.2) is 29.1 Å². The molecular weight excluding hydrogens is 326 g/mol. The smallest absolute Gasteiger partial charge is 0.274 e. The number of anilines is 1. The number of Topliss-reactive ketones (excluding diaryl/α,β-unsaturated/α-hetero) is 1. The molecule has 0 bridgehead atoms. The molecule has 0 aliphatic heterocycles. The second-order valence-corrected chi connectivity index (χ2v) is 5.89. The maximum atomic E-state index is 12.4. The zero-order chi connectivity index (χ0) is 18.1. The zero-order valence-electron chi connectivity index (χ0n) is 13.4. The number of nitrogens with zero attached hydrogens (tertiary/aromatic N) is 1. The topological polar surface area (TPSA) is 122 Å². The maximum Gasteiger partial charge on any atom is 0.274 e. The normalized spacial score (nSPS) is 13.2. The molecule has 1 aliphatic rings. The number of carbonyl (C=O) groups is 2. The van der Waals surface area contributed by atoms with Gasteiger partial charge in [-0.15, -0.1) is 0 Å². The number of carbonyl (C=O) groups excluding carboxylic acids is 2. The standard InChI is InChI=1S/C17H15N3O5/c1-9-5-6-10(7-14(9)20(24)25)18-16(22)12-8-11-13(19-17(12)23)3-2-4-15(11)21/h5-8H,2-4H2,1H3,(H,18,22)(H,19,23). The van der Waals surface area contributed by atoms with E-state index in [1.54, 1.807) is 6.92 Å². The fourth-order valence-corrected chi connectivity index (χ4v) is 2.83. The Balaban J connectivity index is 1.93. The van der Waals surface area contributed by atoms with E-state index in [1.165, 1.54) is 24.3 Å². The monoisotopic (exact) mass is 341 g/mol. The lowest BCUT2D eigenvalue weighted by molar-refractivity contribution is -0.385. The summed E-state index contributed by atoms with van der Waals surface area (Å²) < 4.78 is 0. The molecule has 2 N–H and O–H groups in total. The number of rotatable bonds is 3. The summed E-state index contributed by atoms with van der Waals surface area (Å²) in [5, 5.41) is 13.4. The van der Waals surface area contributed by atoms with Crippen LogP contribution in [-0.4, -0.2) is 21.6 Å². The van der Waals surface area contributed by atoms with Gasteiger partial charge >= 0.3 is 0 Å². The van der Waals surface area contributed by atoms with Gasteiger partial charge in [0, 0.05) is 35.0 Å². The third kappa shape index (κ3) is 3.18. The molecule has 0 spiro atoms. The highest BCUT2D eigenvalue weighted by molar-refractivity contribution is 6.06. The molecule has 0 radical (unpaired) electrons. The average Bonchev–Trinajstić information content (AvgIpc) is 2.56. The van der Waals surface area contributed by atoms with Gasteiger partial charge in [-0.1, -0.05) is 6.07 Å². The molecule has 128 valence electrons. The Morgan fingerprint density at radius 2 is 2.00 bits per heavy atom. The van der Waals surface area contributed by atoms with Gasteiger partial charge in [0.15, 0.2) is 5.78 Å². The lowest BCUT2D eigenvalue weighted by Gasteiger charge is -2.15. The fourth-order valence-electron chi connectivity index (χ4n) is 2.83. The molecule has 3 rings (SSSR count). The Morgan fingerprint density at radius 3 is 2.72 bits per heavy atom. The van der Waals surface area contributed by atoms with Crippen LogP contribution in [0.1, 0.15) is 44.8 Å². The van der Waals surface area contributed by atoms with Gasteiger partial charge in [-0.05, 0) is 31.9 Å². The number of aromatic amines is 1. The van der Waals surface area contributed by atoms with Crippen molar-refractivity contribution in [2.75, 3.05) is 5.32 Å². The highest BCUT2D eigenvalue weighted by Gasteiger charge is 2.22. The number of hydrogen-bond acceptors (Lipinski definition) is 5. The van der Waals surface area contributed by atoms with E-state index in [0.717, 1.165) is 0 Å². The summed E-state index contributed by atoms with van der Waals surface area (Å²) in [5.41, 5.74) is 0.637. The molecule has 1 amide bonds. The number of fused-ring (bicyclic) bond motifs is 1. The molecule has 0 saturated heterocycles. The van der Waals surface area contributed by atoms with E-state index in [1.807, 2.05) is 0 Å². The van der Waals surface area contributed by atoms with Crippen LogP contribution < -0.4 is 10.9 Å². The van der Waals surface area contributed by atoms with Gasteiger partial charge < -0.3 is 10.3 Å². The minimum absolute atomic E-state index is 0.113. The number of nitro groups is 1. The van der Waals surface area contributed by atoms with Crippen LogP contribution in [-0.2, 0) is 6.42 Å². The summed E-state index contributed by atoms with van der Waals surface area (Å²) in [5.74, 6) is -0.835. The van der Waals surface area contributed by atoms with E-state index in [9.17, 15) is 24.5 Å². The van der Waals surface area contributed by atoms with Gasteiger partial charge in [0.25, 0.3) is 17.2 Å². The number of hydrogen-bond donors (Lipinski definition) is 2. The van der Waals surface area contributed by atoms with Crippen LogP contribution >= 0.6 is 0 Å². The summed E-state index contributed by atoms with van der Waals surface area (Å²) >= 11 is 0.